The predicted octanol–water partition coefficient (Wildman–Crippen LogP) is 2.97. The lowest BCUT2D eigenvalue weighted by atomic mass is 9.99. The molecule has 0 aliphatic heterocycles. The molecule has 5 nitrogen and oxygen atoms in total. The van der Waals surface area contributed by atoms with Crippen molar-refractivity contribution in [3.63, 3.8) is 0 Å². The topological polar surface area (TPSA) is 78.8 Å². The standard InChI is InChI=1S/C18H20ClNO4/c1-12-6-5-9-14(19)16(12)17(22)15(21)10-20-18(23)24-11-13-7-3-2-4-8-13/h2-9,15,17,21-22H,10-11H2,1H3,(H,20,23). The fraction of sp³-hybridized carbons (Fsp3) is 0.278. The lowest BCUT2D eigenvalue weighted by Gasteiger charge is -2.21. The van der Waals surface area contributed by atoms with E-state index < -0.39 is 18.3 Å². The van der Waals surface area contributed by atoms with Gasteiger partial charge in [-0.15, -0.1) is 0 Å². The molecule has 24 heavy (non-hydrogen) atoms. The number of rotatable bonds is 6. The Bertz CT molecular complexity index is 658. The van der Waals surface area contributed by atoms with Crippen molar-refractivity contribution in [1.29, 1.82) is 0 Å². The van der Waals surface area contributed by atoms with Gasteiger partial charge >= 0.3 is 6.09 Å². The van der Waals surface area contributed by atoms with Crippen molar-refractivity contribution in [3.8, 4) is 0 Å². The average molecular weight is 350 g/mol. The Kier molecular flexibility index (Phi) is 6.61. The number of ether oxygens (including phenoxy) is 1. The molecule has 0 heterocycles. The van der Waals surface area contributed by atoms with Gasteiger partial charge in [-0.2, -0.15) is 0 Å². The zero-order valence-electron chi connectivity index (χ0n) is 13.3. The van der Waals surface area contributed by atoms with Crippen molar-refractivity contribution in [2.45, 2.75) is 25.7 Å². The first-order valence-electron chi connectivity index (χ1n) is 7.54. The van der Waals surface area contributed by atoms with Crippen LogP contribution in [0.15, 0.2) is 48.5 Å². The van der Waals surface area contributed by atoms with Crippen LogP contribution in [0.4, 0.5) is 4.79 Å². The molecule has 2 aromatic rings. The number of aliphatic hydroxyl groups excluding tert-OH is 2. The van der Waals surface area contributed by atoms with E-state index in [1.165, 1.54) is 0 Å². The molecule has 0 aliphatic carbocycles. The molecule has 2 atom stereocenters. The number of benzene rings is 2. The summed E-state index contributed by atoms with van der Waals surface area (Å²) in [5.41, 5.74) is 2.08. The zero-order chi connectivity index (χ0) is 17.5. The molecule has 2 unspecified atom stereocenters. The molecule has 0 fully saturated rings. The summed E-state index contributed by atoms with van der Waals surface area (Å²) in [5, 5.41) is 23.1. The van der Waals surface area contributed by atoms with Crippen molar-refractivity contribution < 1.29 is 19.7 Å². The molecule has 3 N–H and O–H groups in total. The molecule has 0 saturated carbocycles. The molecule has 0 saturated heterocycles. The normalized spacial score (nSPS) is 13.2. The largest absolute Gasteiger partial charge is 0.445 e. The van der Waals surface area contributed by atoms with Crippen molar-refractivity contribution >= 4 is 17.7 Å². The van der Waals surface area contributed by atoms with Crippen LogP contribution in [0.25, 0.3) is 0 Å². The van der Waals surface area contributed by atoms with E-state index in [2.05, 4.69) is 5.32 Å². The van der Waals surface area contributed by atoms with Crippen molar-refractivity contribution in [1.82, 2.24) is 5.32 Å². The van der Waals surface area contributed by atoms with Crippen LogP contribution < -0.4 is 5.32 Å². The van der Waals surface area contributed by atoms with Crippen LogP contribution >= 0.6 is 11.6 Å². The highest BCUT2D eigenvalue weighted by Gasteiger charge is 2.23. The van der Waals surface area contributed by atoms with E-state index >= 15 is 0 Å². The Hall–Kier alpha value is -2.08. The maximum absolute atomic E-state index is 11.7. The number of aryl methyl sites for hydroxylation is 1. The van der Waals surface area contributed by atoms with Crippen molar-refractivity contribution in [2.24, 2.45) is 0 Å². The molecular formula is C18H20ClNO4. The first-order valence-corrected chi connectivity index (χ1v) is 7.92. The monoisotopic (exact) mass is 349 g/mol. The number of halogens is 1. The average Bonchev–Trinajstić information content (AvgIpc) is 2.58. The van der Waals surface area contributed by atoms with Crippen LogP contribution in [0.3, 0.4) is 0 Å². The van der Waals surface area contributed by atoms with E-state index in [-0.39, 0.29) is 13.2 Å². The van der Waals surface area contributed by atoms with Crippen molar-refractivity contribution in [3.05, 3.63) is 70.2 Å². The summed E-state index contributed by atoms with van der Waals surface area (Å²) in [6, 6.07) is 14.4. The summed E-state index contributed by atoms with van der Waals surface area (Å²) in [6.45, 7) is 1.77. The molecule has 0 aromatic heterocycles. The van der Waals surface area contributed by atoms with Crippen LogP contribution in [-0.2, 0) is 11.3 Å². The molecule has 1 amide bonds. The quantitative estimate of drug-likeness (QED) is 0.749. The Morgan fingerprint density at radius 3 is 2.54 bits per heavy atom. The maximum Gasteiger partial charge on any atom is 0.407 e. The van der Waals surface area contributed by atoms with Gasteiger partial charge in [-0.1, -0.05) is 54.1 Å². The van der Waals surface area contributed by atoms with Gasteiger partial charge in [0.2, 0.25) is 0 Å². The summed E-state index contributed by atoms with van der Waals surface area (Å²) in [6.07, 6.45) is -3.07. The van der Waals surface area contributed by atoms with Crippen LogP contribution in [0, 0.1) is 6.92 Å². The smallest absolute Gasteiger partial charge is 0.407 e. The van der Waals surface area contributed by atoms with Gasteiger partial charge in [0, 0.05) is 17.1 Å². The summed E-state index contributed by atoms with van der Waals surface area (Å²) >= 11 is 6.07. The van der Waals surface area contributed by atoms with E-state index in [1.807, 2.05) is 30.3 Å². The second-order valence-electron chi connectivity index (χ2n) is 5.43. The van der Waals surface area contributed by atoms with Gasteiger partial charge in [0.05, 0.1) is 0 Å². The maximum atomic E-state index is 11.7. The Labute approximate surface area is 145 Å². The highest BCUT2D eigenvalue weighted by Crippen LogP contribution is 2.28. The van der Waals surface area contributed by atoms with Gasteiger partial charge in [0.25, 0.3) is 0 Å². The van der Waals surface area contributed by atoms with Crippen LogP contribution in [0.2, 0.25) is 5.02 Å². The third kappa shape index (κ3) is 4.96. The van der Waals surface area contributed by atoms with Crippen molar-refractivity contribution in [2.75, 3.05) is 6.54 Å². The number of hydrogen-bond donors (Lipinski definition) is 3. The SMILES string of the molecule is Cc1cccc(Cl)c1C(O)C(O)CNC(=O)OCc1ccccc1. The molecular weight excluding hydrogens is 330 g/mol. The number of amides is 1. The van der Waals surface area contributed by atoms with E-state index in [0.29, 0.717) is 10.6 Å². The number of carbonyl (C=O) groups excluding carboxylic acids is 1. The number of hydrogen-bond acceptors (Lipinski definition) is 4. The molecule has 2 aromatic carbocycles. The first kappa shape index (κ1) is 18.3. The molecule has 0 bridgehead atoms. The van der Waals surface area contributed by atoms with E-state index in [1.54, 1.807) is 25.1 Å². The minimum absolute atomic E-state index is 0.134. The minimum Gasteiger partial charge on any atom is -0.445 e. The molecule has 128 valence electrons. The summed E-state index contributed by atoms with van der Waals surface area (Å²) in [4.78, 5) is 11.7. The van der Waals surface area contributed by atoms with Crippen LogP contribution in [-0.4, -0.2) is 29.0 Å². The molecule has 0 radical (unpaired) electrons. The lowest BCUT2D eigenvalue weighted by Crippen LogP contribution is -2.36. The van der Waals surface area contributed by atoms with E-state index in [4.69, 9.17) is 16.3 Å². The second kappa shape index (κ2) is 8.68. The second-order valence-corrected chi connectivity index (χ2v) is 5.83. The zero-order valence-corrected chi connectivity index (χ0v) is 14.0. The molecule has 0 aliphatic rings. The minimum atomic E-state index is -1.20. The number of carbonyl (C=O) groups is 1. The number of alkyl carbamates (subject to hydrolysis) is 1. The lowest BCUT2D eigenvalue weighted by molar-refractivity contribution is 0.0181. The van der Waals surface area contributed by atoms with Gasteiger partial charge in [-0.05, 0) is 24.1 Å². The van der Waals surface area contributed by atoms with E-state index in [9.17, 15) is 15.0 Å². The fourth-order valence-corrected chi connectivity index (χ4v) is 2.62. The number of aliphatic hydroxyl groups is 2. The third-order valence-corrected chi connectivity index (χ3v) is 3.93. The van der Waals surface area contributed by atoms with Gasteiger partial charge in [0.1, 0.15) is 18.8 Å². The van der Waals surface area contributed by atoms with E-state index in [0.717, 1.165) is 11.1 Å². The Morgan fingerprint density at radius 2 is 1.88 bits per heavy atom. The molecule has 0 spiro atoms. The summed E-state index contributed by atoms with van der Waals surface area (Å²) in [7, 11) is 0. The molecule has 2 rings (SSSR count). The van der Waals surface area contributed by atoms with Gasteiger partial charge in [-0.25, -0.2) is 4.79 Å². The van der Waals surface area contributed by atoms with Gasteiger partial charge in [0.15, 0.2) is 0 Å². The summed E-state index contributed by atoms with van der Waals surface area (Å²) in [5.74, 6) is 0. The van der Waals surface area contributed by atoms with Gasteiger partial charge < -0.3 is 20.3 Å². The number of nitrogens with one attached hydrogen (secondary N) is 1. The highest BCUT2D eigenvalue weighted by molar-refractivity contribution is 6.31. The molecule has 6 heteroatoms. The Balaban J connectivity index is 1.83. The predicted molar refractivity (Wildman–Crippen MR) is 91.8 cm³/mol. The summed E-state index contributed by atoms with van der Waals surface area (Å²) < 4.78 is 5.04. The third-order valence-electron chi connectivity index (χ3n) is 3.60. The Morgan fingerprint density at radius 1 is 1.17 bits per heavy atom. The van der Waals surface area contributed by atoms with Crippen LogP contribution in [0.5, 0.6) is 0 Å². The van der Waals surface area contributed by atoms with Gasteiger partial charge in [-0.3, -0.25) is 0 Å². The first-order chi connectivity index (χ1) is 11.5. The highest BCUT2D eigenvalue weighted by atomic mass is 35.5. The fourth-order valence-electron chi connectivity index (χ4n) is 2.29. The van der Waals surface area contributed by atoms with Crippen LogP contribution in [0.1, 0.15) is 22.8 Å².